The fourth-order valence-corrected chi connectivity index (χ4v) is 12.4. The van der Waals surface area contributed by atoms with Gasteiger partial charge in [-0.3, -0.25) is 14.6 Å². The van der Waals surface area contributed by atoms with Crippen molar-refractivity contribution < 1.29 is 77.4 Å². The molecule has 78 heavy (non-hydrogen) atoms. The summed E-state index contributed by atoms with van der Waals surface area (Å²) >= 11 is 0. The molecule has 4 saturated heterocycles. The minimum Gasteiger partial charge on any atom is -0.459 e. The van der Waals surface area contributed by atoms with E-state index < -0.39 is 127 Å². The number of alkyl halides is 1. The number of hydrogen-bond donors (Lipinski definition) is 7. The lowest BCUT2D eigenvalue weighted by Crippen LogP contribution is -2.61. The average Bonchev–Trinajstić information content (AvgIpc) is 3.89. The van der Waals surface area contributed by atoms with Gasteiger partial charge in [0.15, 0.2) is 12.6 Å². The maximum Gasteiger partial charge on any atom is 0.311 e. The Kier molecular flexibility index (Phi) is 22.4. The number of carbonyl (C=O) groups is 2. The van der Waals surface area contributed by atoms with E-state index in [0.717, 1.165) is 5.70 Å². The number of morpholine rings is 1. The Morgan fingerprint density at radius 2 is 1.63 bits per heavy atom. The van der Waals surface area contributed by atoms with Crippen LogP contribution < -0.4 is 11.0 Å². The van der Waals surface area contributed by atoms with Crippen molar-refractivity contribution in [2.45, 2.75) is 204 Å². The highest BCUT2D eigenvalue weighted by molar-refractivity contribution is 5.94. The van der Waals surface area contributed by atoms with Crippen LogP contribution in [0.15, 0.2) is 36.2 Å². The van der Waals surface area contributed by atoms with Crippen LogP contribution in [0.1, 0.15) is 123 Å². The van der Waals surface area contributed by atoms with Crippen LogP contribution in [0.25, 0.3) is 0 Å². The number of nitrogens with one attached hydrogen (secondary N) is 2. The molecule has 1 aromatic carbocycles. The SMILES string of the molecule is CC[C@H]1OC(=O)[C@H](C)[C@@H](O[C@H]2C[C@@](C)(OC)[C@@H](O)[C@H](C)O2)[C@H](C)[C@@H](O[C@@H]2O[C@H](C)C[C@H](N(C)CCC3=CN([C@H](CF)[C@H](OC)c4ccc(C(=O)N5CCOCC5)cc4)NN3)[C@H]2O)[C@](C)(O)C[C@@H](C)CN(C)[C@H](C)[C@@H](O)[C@]1(C)O. The Labute approximate surface area is 461 Å². The first kappa shape index (κ1) is 64.0. The van der Waals surface area contributed by atoms with Gasteiger partial charge in [0, 0.05) is 88.7 Å². The molecule has 0 radical (unpaired) electrons. The summed E-state index contributed by atoms with van der Waals surface area (Å²) < 4.78 is 64.6. The second-order valence-corrected chi connectivity index (χ2v) is 23.6. The number of ether oxygens (including phenoxy) is 8. The molecule has 5 aliphatic heterocycles. The number of nitrogens with zero attached hydrogens (tertiary/aromatic N) is 4. The molecule has 4 fully saturated rings. The topological polar surface area (TPSA) is 246 Å². The molecule has 0 saturated carbocycles. The van der Waals surface area contributed by atoms with Crippen molar-refractivity contribution in [2.75, 3.05) is 74.4 Å². The van der Waals surface area contributed by atoms with Gasteiger partial charge in [0.25, 0.3) is 5.91 Å². The zero-order valence-electron chi connectivity index (χ0n) is 48.7. The number of esters is 1. The van der Waals surface area contributed by atoms with Crippen LogP contribution in [-0.2, 0) is 42.7 Å². The lowest BCUT2D eigenvalue weighted by Gasteiger charge is -2.49. The van der Waals surface area contributed by atoms with Crippen molar-refractivity contribution in [1.29, 1.82) is 0 Å². The summed E-state index contributed by atoms with van der Waals surface area (Å²) in [6.07, 6.45) is -7.93. The zero-order chi connectivity index (χ0) is 57.6. The summed E-state index contributed by atoms with van der Waals surface area (Å²) in [4.78, 5) is 33.3. The van der Waals surface area contributed by atoms with E-state index in [0.29, 0.717) is 63.4 Å². The van der Waals surface area contributed by atoms with E-state index in [-0.39, 0.29) is 31.1 Å². The molecular formula is C56H95FN6O15. The molecule has 5 heterocycles. The first-order valence-electron chi connectivity index (χ1n) is 28.0. The van der Waals surface area contributed by atoms with E-state index in [1.807, 2.05) is 37.7 Å². The number of methoxy groups -OCH3 is 2. The van der Waals surface area contributed by atoms with Crippen LogP contribution in [-0.4, -0.2) is 228 Å². The number of likely N-dealkylation sites (N-methyl/N-ethyl adjacent to an activating group) is 2. The Bertz CT molecular complexity index is 2110. The summed E-state index contributed by atoms with van der Waals surface area (Å²) in [6, 6.07) is 5.20. The summed E-state index contributed by atoms with van der Waals surface area (Å²) in [5.41, 5.74) is 3.63. The number of aliphatic hydroxyl groups excluding tert-OH is 3. The molecule has 6 rings (SSSR count). The number of cyclic esters (lactones) is 1. The van der Waals surface area contributed by atoms with Gasteiger partial charge in [-0.2, -0.15) is 0 Å². The monoisotopic (exact) mass is 1110 g/mol. The summed E-state index contributed by atoms with van der Waals surface area (Å²) in [5.74, 6) is -2.98. The molecule has 0 aromatic heterocycles. The van der Waals surface area contributed by atoms with Crippen LogP contribution in [0.4, 0.5) is 4.39 Å². The Morgan fingerprint density at radius 1 is 0.962 bits per heavy atom. The van der Waals surface area contributed by atoms with Crippen molar-refractivity contribution in [3.05, 3.63) is 47.3 Å². The summed E-state index contributed by atoms with van der Waals surface area (Å²) in [5, 5.41) is 61.6. The molecule has 446 valence electrons. The van der Waals surface area contributed by atoms with Crippen LogP contribution in [0.2, 0.25) is 0 Å². The second-order valence-electron chi connectivity index (χ2n) is 23.6. The van der Waals surface area contributed by atoms with Gasteiger partial charge in [-0.15, -0.1) is 5.53 Å². The third-order valence-corrected chi connectivity index (χ3v) is 17.4. The predicted octanol–water partition coefficient (Wildman–Crippen LogP) is 3.03. The van der Waals surface area contributed by atoms with Gasteiger partial charge in [0.05, 0.1) is 54.7 Å². The summed E-state index contributed by atoms with van der Waals surface area (Å²) in [6.45, 7) is 19.6. The van der Waals surface area contributed by atoms with Crippen LogP contribution >= 0.6 is 0 Å². The highest BCUT2D eigenvalue weighted by Crippen LogP contribution is 2.41. The van der Waals surface area contributed by atoms with Crippen LogP contribution in [0, 0.1) is 17.8 Å². The van der Waals surface area contributed by atoms with Gasteiger partial charge in [-0.25, -0.2) is 4.39 Å². The minimum atomic E-state index is -1.86. The average molecular weight is 1110 g/mol. The molecule has 0 bridgehead atoms. The molecule has 20 atom stereocenters. The maximum atomic E-state index is 15.0. The van der Waals surface area contributed by atoms with Crippen molar-refractivity contribution in [3.63, 3.8) is 0 Å². The van der Waals surface area contributed by atoms with E-state index in [2.05, 4.69) is 11.0 Å². The quantitative estimate of drug-likeness (QED) is 0.118. The second kappa shape index (κ2) is 27.3. The molecule has 22 heteroatoms. The van der Waals surface area contributed by atoms with Gasteiger partial charge in [0.2, 0.25) is 0 Å². The molecule has 5 aliphatic rings. The third kappa shape index (κ3) is 14.7. The molecule has 0 unspecified atom stereocenters. The van der Waals surface area contributed by atoms with Crippen molar-refractivity contribution in [2.24, 2.45) is 17.8 Å². The Balaban J connectivity index is 1.23. The van der Waals surface area contributed by atoms with E-state index in [4.69, 9.17) is 37.9 Å². The van der Waals surface area contributed by atoms with Crippen molar-refractivity contribution in [1.82, 2.24) is 30.7 Å². The molecule has 7 N–H and O–H groups in total. The molecular weight excluding hydrogens is 1020 g/mol. The molecule has 21 nitrogen and oxygen atoms in total. The van der Waals surface area contributed by atoms with Gasteiger partial charge < -0.3 is 83.6 Å². The zero-order valence-corrected chi connectivity index (χ0v) is 48.7. The highest BCUT2D eigenvalue weighted by atomic mass is 19.1. The van der Waals surface area contributed by atoms with Gasteiger partial charge in [-0.1, -0.05) is 32.9 Å². The fourth-order valence-electron chi connectivity index (χ4n) is 12.4. The Hall–Kier alpha value is -3.17. The van der Waals surface area contributed by atoms with E-state index in [1.54, 1.807) is 88.8 Å². The normalized spacial score (nSPS) is 39.9. The van der Waals surface area contributed by atoms with Crippen molar-refractivity contribution >= 4 is 11.9 Å². The smallest absolute Gasteiger partial charge is 0.311 e. The number of aliphatic hydroxyl groups is 5. The Morgan fingerprint density at radius 3 is 2.24 bits per heavy atom. The van der Waals surface area contributed by atoms with Gasteiger partial charge >= 0.3 is 5.97 Å². The number of hydrazine groups is 2. The third-order valence-electron chi connectivity index (χ3n) is 17.4. The minimum absolute atomic E-state index is 0.0804. The number of carbonyl (C=O) groups excluding carboxylic acids is 2. The van der Waals surface area contributed by atoms with Crippen LogP contribution in [0.3, 0.4) is 0 Å². The standard InChI is InChI=1S/C56H95FN6O15/c1-15-43-56(10,70)48(65)36(6)61(12)30-32(2)27-54(8,69)50(34(4)46(35(5)52(68)76-43)77-44-28-55(9,72-14)49(66)37(7)75-44)78-53-45(64)41(26-33(3)74-53)60(11)21-20-40-31-63(59-58-40)42(29-57)47(71-13)38-16-18-39(19-17-38)51(67)62-22-24-73-25-23-62/h16-19,31-37,41-50,53,58-59,64-66,69-70H,15,20-30H2,1-14H3/t32-,33-,34+,35-,36-,37+,41+,42-,43-,44+,45-,46+,47-,48-,49+,50-,53+,54-,55-,56-/m1/s1. The largest absolute Gasteiger partial charge is 0.459 e. The predicted molar refractivity (Wildman–Crippen MR) is 287 cm³/mol. The van der Waals surface area contributed by atoms with Gasteiger partial charge in [-0.05, 0) is 105 Å². The lowest BCUT2D eigenvalue weighted by molar-refractivity contribution is -0.318. The molecule has 1 amide bonds. The summed E-state index contributed by atoms with van der Waals surface area (Å²) in [7, 11) is 6.74. The lowest BCUT2D eigenvalue weighted by atomic mass is 9.77. The van der Waals surface area contributed by atoms with E-state index in [9.17, 15) is 39.5 Å². The van der Waals surface area contributed by atoms with Crippen molar-refractivity contribution in [3.8, 4) is 0 Å². The number of benzene rings is 1. The molecule has 0 aliphatic carbocycles. The highest BCUT2D eigenvalue weighted by Gasteiger charge is 2.53. The number of rotatable bonds is 16. The molecule has 1 aromatic rings. The fraction of sp³-hybridized carbons (Fsp3) is 0.821. The van der Waals surface area contributed by atoms with Gasteiger partial charge in [0.1, 0.15) is 48.8 Å². The van der Waals surface area contributed by atoms with Crippen LogP contribution in [0.5, 0.6) is 0 Å². The first-order valence-corrected chi connectivity index (χ1v) is 28.0. The molecule has 0 spiro atoms. The number of hydrogen-bond acceptors (Lipinski definition) is 20. The maximum absolute atomic E-state index is 15.0. The number of amides is 1. The van der Waals surface area contributed by atoms with E-state index in [1.165, 1.54) is 21.1 Å². The first-order chi connectivity index (χ1) is 36.7. The number of halogens is 1. The van der Waals surface area contributed by atoms with E-state index >= 15 is 0 Å².